The summed E-state index contributed by atoms with van der Waals surface area (Å²) in [6.45, 7) is 0. The summed E-state index contributed by atoms with van der Waals surface area (Å²) in [6, 6.07) is 5.80. The summed E-state index contributed by atoms with van der Waals surface area (Å²) in [7, 11) is -4.50. The fourth-order valence-corrected chi connectivity index (χ4v) is 1.57. The van der Waals surface area contributed by atoms with Gasteiger partial charge in [-0.1, -0.05) is 24.3 Å². The van der Waals surface area contributed by atoms with E-state index in [0.29, 0.717) is 11.1 Å². The largest absolute Gasteiger partial charge is 1.00 e. The second kappa shape index (κ2) is 5.09. The van der Waals surface area contributed by atoms with Gasteiger partial charge in [-0.2, -0.15) is 8.42 Å². The lowest BCUT2D eigenvalue weighted by Crippen LogP contribution is -3.00. The van der Waals surface area contributed by atoms with Crippen LogP contribution < -0.4 is 18.1 Å². The summed E-state index contributed by atoms with van der Waals surface area (Å²) in [4.78, 5) is 0. The SMILES string of the molecule is N=C(N)c1ccc(CS(=O)(=O)F)cc1.[Cl-]. The van der Waals surface area contributed by atoms with Crippen LogP contribution in [0.1, 0.15) is 11.1 Å². The lowest BCUT2D eigenvalue weighted by molar-refractivity contribution is -0.00000687. The molecule has 0 saturated carbocycles. The van der Waals surface area contributed by atoms with Crippen molar-refractivity contribution >= 4 is 16.1 Å². The number of hydrogen-bond acceptors (Lipinski definition) is 3. The zero-order chi connectivity index (χ0) is 10.8. The van der Waals surface area contributed by atoms with Gasteiger partial charge in [0.15, 0.2) is 0 Å². The quantitative estimate of drug-likeness (QED) is 0.362. The monoisotopic (exact) mass is 251 g/mol. The van der Waals surface area contributed by atoms with Gasteiger partial charge in [-0.15, -0.1) is 3.89 Å². The van der Waals surface area contributed by atoms with Crippen LogP contribution in [0.25, 0.3) is 0 Å². The van der Waals surface area contributed by atoms with Crippen molar-refractivity contribution in [2.75, 3.05) is 0 Å². The van der Waals surface area contributed by atoms with Crippen LogP contribution in [0.15, 0.2) is 24.3 Å². The molecule has 0 aliphatic carbocycles. The molecule has 0 amide bonds. The van der Waals surface area contributed by atoms with E-state index in [1.807, 2.05) is 0 Å². The lowest BCUT2D eigenvalue weighted by atomic mass is 10.1. The van der Waals surface area contributed by atoms with Gasteiger partial charge in [0.2, 0.25) is 0 Å². The Hall–Kier alpha value is -1.14. The van der Waals surface area contributed by atoms with Crippen LogP contribution in [0.4, 0.5) is 3.89 Å². The molecule has 0 spiro atoms. The summed E-state index contributed by atoms with van der Waals surface area (Å²) in [5.74, 6) is -0.759. The molecule has 0 atom stereocenters. The maximum absolute atomic E-state index is 12.2. The van der Waals surface area contributed by atoms with Crippen molar-refractivity contribution in [2.45, 2.75) is 5.75 Å². The van der Waals surface area contributed by atoms with E-state index in [2.05, 4.69) is 0 Å². The van der Waals surface area contributed by atoms with Crippen LogP contribution in [0.3, 0.4) is 0 Å². The summed E-state index contributed by atoms with van der Waals surface area (Å²) >= 11 is 0. The molecule has 0 heterocycles. The van der Waals surface area contributed by atoms with Gasteiger partial charge in [0.25, 0.3) is 0 Å². The van der Waals surface area contributed by atoms with Crippen molar-refractivity contribution in [2.24, 2.45) is 5.73 Å². The van der Waals surface area contributed by atoms with Gasteiger partial charge in [-0.25, -0.2) is 0 Å². The number of nitrogens with two attached hydrogens (primary N) is 1. The van der Waals surface area contributed by atoms with Crippen molar-refractivity contribution < 1.29 is 24.7 Å². The molecular formula is C8H9ClFN2O2S-. The summed E-state index contributed by atoms with van der Waals surface area (Å²) in [5.41, 5.74) is 5.99. The molecule has 4 nitrogen and oxygen atoms in total. The minimum Gasteiger partial charge on any atom is -1.00 e. The van der Waals surface area contributed by atoms with Crippen LogP contribution in [-0.4, -0.2) is 14.3 Å². The third kappa shape index (κ3) is 4.75. The van der Waals surface area contributed by atoms with Gasteiger partial charge in [-0.3, -0.25) is 5.41 Å². The van der Waals surface area contributed by atoms with Crippen LogP contribution in [0, 0.1) is 5.41 Å². The predicted molar refractivity (Wildman–Crippen MR) is 51.2 cm³/mol. The molecule has 1 rings (SSSR count). The Morgan fingerprint density at radius 2 is 1.80 bits per heavy atom. The molecule has 0 aliphatic rings. The molecule has 7 heteroatoms. The highest BCUT2D eigenvalue weighted by Crippen LogP contribution is 2.08. The standard InChI is InChI=1S/C8H9FN2O2S.ClH/c9-14(12,13)5-6-1-3-7(4-2-6)8(10)11;/h1-4H,5H2,(H3,10,11);1H/p-1. The zero-order valence-electron chi connectivity index (χ0n) is 7.57. The first-order chi connectivity index (χ1) is 6.38. The van der Waals surface area contributed by atoms with E-state index in [-0.39, 0.29) is 18.2 Å². The number of nitrogen functional groups attached to an aromatic ring is 1. The second-order valence-corrected chi connectivity index (χ2v) is 4.16. The van der Waals surface area contributed by atoms with Gasteiger partial charge in [0.05, 0.1) is 0 Å². The van der Waals surface area contributed by atoms with E-state index in [1.54, 1.807) is 0 Å². The van der Waals surface area contributed by atoms with E-state index in [4.69, 9.17) is 11.1 Å². The number of nitrogens with one attached hydrogen (secondary N) is 1. The predicted octanol–water partition coefficient (Wildman–Crippen LogP) is -2.23. The van der Waals surface area contributed by atoms with E-state index in [1.165, 1.54) is 24.3 Å². The third-order valence-corrected chi connectivity index (χ3v) is 2.28. The number of halogens is 2. The maximum Gasteiger partial charge on any atom is 0.306 e. The molecule has 3 N–H and O–H groups in total. The Balaban J connectivity index is 0.00000196. The molecule has 1 aromatic carbocycles. The third-order valence-electron chi connectivity index (χ3n) is 1.60. The first-order valence-corrected chi connectivity index (χ1v) is 5.29. The van der Waals surface area contributed by atoms with Gasteiger partial charge in [0.1, 0.15) is 11.6 Å². The van der Waals surface area contributed by atoms with E-state index < -0.39 is 16.0 Å². The smallest absolute Gasteiger partial charge is 0.306 e. The molecule has 15 heavy (non-hydrogen) atoms. The maximum atomic E-state index is 12.2. The average Bonchev–Trinajstić information content (AvgIpc) is 2.02. The van der Waals surface area contributed by atoms with Crippen molar-refractivity contribution in [3.8, 4) is 0 Å². The normalized spacial score (nSPS) is 10.5. The number of amidine groups is 1. The minimum absolute atomic E-state index is 0. The molecule has 0 aliphatic heterocycles. The summed E-state index contributed by atoms with van der Waals surface area (Å²) in [5, 5.41) is 7.07. The number of rotatable bonds is 3. The topological polar surface area (TPSA) is 84.0 Å². The van der Waals surface area contributed by atoms with E-state index >= 15 is 0 Å². The summed E-state index contributed by atoms with van der Waals surface area (Å²) in [6.07, 6.45) is 0. The zero-order valence-corrected chi connectivity index (χ0v) is 9.15. The summed E-state index contributed by atoms with van der Waals surface area (Å²) < 4.78 is 32.8. The fourth-order valence-electron chi connectivity index (χ4n) is 0.980. The van der Waals surface area contributed by atoms with Gasteiger partial charge < -0.3 is 18.1 Å². The first-order valence-electron chi connectivity index (χ1n) is 3.74. The number of benzene rings is 1. The van der Waals surface area contributed by atoms with Crippen LogP contribution >= 0.6 is 0 Å². The molecule has 0 aromatic heterocycles. The average molecular weight is 252 g/mol. The second-order valence-electron chi connectivity index (χ2n) is 2.79. The highest BCUT2D eigenvalue weighted by atomic mass is 35.5. The molecule has 0 unspecified atom stereocenters. The lowest BCUT2D eigenvalue weighted by Gasteiger charge is -1.99. The van der Waals surface area contributed by atoms with Crippen molar-refractivity contribution in [3.05, 3.63) is 35.4 Å². The van der Waals surface area contributed by atoms with E-state index in [0.717, 1.165) is 0 Å². The Morgan fingerprint density at radius 1 is 1.33 bits per heavy atom. The molecule has 1 aromatic rings. The van der Waals surface area contributed by atoms with Gasteiger partial charge in [-0.05, 0) is 5.56 Å². The molecule has 0 saturated heterocycles. The fraction of sp³-hybridized carbons (Fsp3) is 0.125. The first kappa shape index (κ1) is 13.9. The molecular weight excluding hydrogens is 243 g/mol. The molecule has 0 bridgehead atoms. The Labute approximate surface area is 93.4 Å². The highest BCUT2D eigenvalue weighted by molar-refractivity contribution is 7.85. The van der Waals surface area contributed by atoms with Gasteiger partial charge in [0, 0.05) is 5.56 Å². The Kier molecular flexibility index (Phi) is 4.70. The van der Waals surface area contributed by atoms with Crippen LogP contribution in [0.5, 0.6) is 0 Å². The Morgan fingerprint density at radius 3 is 2.13 bits per heavy atom. The van der Waals surface area contributed by atoms with Crippen molar-refractivity contribution in [1.82, 2.24) is 0 Å². The number of hydrogen-bond donors (Lipinski definition) is 2. The van der Waals surface area contributed by atoms with E-state index in [9.17, 15) is 12.3 Å². The van der Waals surface area contributed by atoms with Crippen molar-refractivity contribution in [1.29, 1.82) is 5.41 Å². The van der Waals surface area contributed by atoms with Crippen LogP contribution in [0.2, 0.25) is 0 Å². The van der Waals surface area contributed by atoms with Crippen molar-refractivity contribution in [3.63, 3.8) is 0 Å². The highest BCUT2D eigenvalue weighted by Gasteiger charge is 2.08. The van der Waals surface area contributed by atoms with Gasteiger partial charge >= 0.3 is 10.2 Å². The molecule has 0 radical (unpaired) electrons. The van der Waals surface area contributed by atoms with Crippen LogP contribution in [-0.2, 0) is 16.0 Å². The molecule has 0 fully saturated rings. The molecule has 84 valence electrons. The Bertz CT molecular complexity index is 444. The minimum atomic E-state index is -4.50.